The van der Waals surface area contributed by atoms with Gasteiger partial charge in [0, 0.05) is 15.9 Å². The molecule has 0 aromatic heterocycles. The summed E-state index contributed by atoms with van der Waals surface area (Å²) in [7, 11) is -3.24. The van der Waals surface area contributed by atoms with Crippen molar-refractivity contribution in [2.75, 3.05) is 6.61 Å². The number of benzene rings is 5. The minimum atomic E-state index is -3.24. The van der Waals surface area contributed by atoms with E-state index in [0.29, 0.717) is 6.61 Å². The third-order valence-corrected chi connectivity index (χ3v) is 9.82. The van der Waals surface area contributed by atoms with Gasteiger partial charge in [-0.05, 0) is 77.7 Å². The fourth-order valence-electron chi connectivity index (χ4n) is 4.85. The van der Waals surface area contributed by atoms with Crippen molar-refractivity contribution < 1.29 is 9.30 Å². The highest BCUT2D eigenvalue weighted by atomic mass is 31.2. The molecule has 2 nitrogen and oxygen atoms in total. The first-order chi connectivity index (χ1) is 16.0. The number of aryl methyl sites for hydroxylation is 2. The van der Waals surface area contributed by atoms with Gasteiger partial charge >= 0.3 is 0 Å². The summed E-state index contributed by atoms with van der Waals surface area (Å²) in [4.78, 5) is 0. The fourth-order valence-corrected chi connectivity index (χ4v) is 8.39. The molecule has 0 saturated carbocycles. The maximum atomic E-state index is 15.7. The first-order valence-electron chi connectivity index (χ1n) is 11.4. The van der Waals surface area contributed by atoms with E-state index in [4.69, 9.17) is 4.74 Å². The van der Waals surface area contributed by atoms with E-state index in [1.165, 1.54) is 0 Å². The minimum Gasteiger partial charge on any atom is -0.494 e. The lowest BCUT2D eigenvalue weighted by Crippen LogP contribution is -2.29. The monoisotopic (exact) mass is 450 g/mol. The molecule has 0 N–H and O–H groups in total. The Balaban J connectivity index is 1.93. The third kappa shape index (κ3) is 3.56. The van der Waals surface area contributed by atoms with Gasteiger partial charge in [-0.15, -0.1) is 0 Å². The maximum Gasteiger partial charge on any atom is 0.172 e. The molecule has 0 aliphatic rings. The third-order valence-electron chi connectivity index (χ3n) is 6.35. The molecule has 3 heteroatoms. The molecule has 0 spiro atoms. The molecule has 5 rings (SSSR count). The SMILES string of the molecule is CCOc1ccc(P(=O)(c2c(C)ccc3ccccc23)c2c(C)ccc3ccccc23)cc1. The quantitative estimate of drug-likeness (QED) is 0.280. The van der Waals surface area contributed by atoms with E-state index in [1.807, 2.05) is 55.5 Å². The highest BCUT2D eigenvalue weighted by molar-refractivity contribution is 7.86. The smallest absolute Gasteiger partial charge is 0.172 e. The van der Waals surface area contributed by atoms with Gasteiger partial charge in [0.1, 0.15) is 5.75 Å². The summed E-state index contributed by atoms with van der Waals surface area (Å²) in [5.41, 5.74) is 2.08. The first kappa shape index (κ1) is 21.5. The molecular formula is C30H27O2P. The van der Waals surface area contributed by atoms with E-state index < -0.39 is 7.14 Å². The summed E-state index contributed by atoms with van der Waals surface area (Å²) in [6.07, 6.45) is 0. The van der Waals surface area contributed by atoms with E-state index in [9.17, 15) is 0 Å². The first-order valence-corrected chi connectivity index (χ1v) is 13.1. The molecular weight excluding hydrogens is 423 g/mol. The van der Waals surface area contributed by atoms with Crippen molar-refractivity contribution in [1.29, 1.82) is 0 Å². The molecule has 0 bridgehead atoms. The Kier molecular flexibility index (Phi) is 5.56. The number of hydrogen-bond acceptors (Lipinski definition) is 2. The van der Waals surface area contributed by atoms with Gasteiger partial charge in [0.25, 0.3) is 0 Å². The normalized spacial score (nSPS) is 11.7. The van der Waals surface area contributed by atoms with Crippen molar-refractivity contribution in [1.82, 2.24) is 0 Å². The lowest BCUT2D eigenvalue weighted by molar-refractivity contribution is 0.340. The van der Waals surface area contributed by atoms with Crippen LogP contribution in [-0.4, -0.2) is 6.61 Å². The van der Waals surface area contributed by atoms with Crippen LogP contribution >= 0.6 is 7.14 Å². The second kappa shape index (κ2) is 8.54. The van der Waals surface area contributed by atoms with E-state index in [-0.39, 0.29) is 0 Å². The largest absolute Gasteiger partial charge is 0.494 e. The van der Waals surface area contributed by atoms with Crippen LogP contribution in [0.3, 0.4) is 0 Å². The molecule has 0 heterocycles. The minimum absolute atomic E-state index is 0.599. The van der Waals surface area contributed by atoms with Gasteiger partial charge in [-0.1, -0.05) is 72.8 Å². The van der Waals surface area contributed by atoms with Gasteiger partial charge in [0.15, 0.2) is 7.14 Å². The molecule has 5 aromatic carbocycles. The van der Waals surface area contributed by atoms with E-state index in [0.717, 1.165) is 54.3 Å². The Morgan fingerprint density at radius 1 is 0.636 bits per heavy atom. The van der Waals surface area contributed by atoms with Crippen LogP contribution in [0.1, 0.15) is 18.1 Å². The average Bonchev–Trinajstić information content (AvgIpc) is 2.84. The topological polar surface area (TPSA) is 26.3 Å². The van der Waals surface area contributed by atoms with Gasteiger partial charge in [-0.25, -0.2) is 0 Å². The van der Waals surface area contributed by atoms with Crippen molar-refractivity contribution in [3.05, 3.63) is 108 Å². The fraction of sp³-hybridized carbons (Fsp3) is 0.133. The van der Waals surface area contributed by atoms with E-state index >= 15 is 4.57 Å². The standard InChI is InChI=1S/C30H27O2P/c1-4-32-25-17-19-26(20-18-25)33(31,29-21(2)13-15-23-9-5-7-11-27(23)29)30-22(3)14-16-24-10-6-8-12-28(24)30/h5-20H,4H2,1-3H3. The van der Waals surface area contributed by atoms with Crippen LogP contribution in [0.25, 0.3) is 21.5 Å². The zero-order chi connectivity index (χ0) is 23.0. The van der Waals surface area contributed by atoms with Crippen molar-refractivity contribution in [2.24, 2.45) is 0 Å². The van der Waals surface area contributed by atoms with Crippen LogP contribution in [0.4, 0.5) is 0 Å². The number of rotatable bonds is 5. The summed E-state index contributed by atoms with van der Waals surface area (Å²) in [5.74, 6) is 0.789. The van der Waals surface area contributed by atoms with Gasteiger partial charge in [0.05, 0.1) is 6.61 Å². The van der Waals surface area contributed by atoms with Crippen LogP contribution < -0.4 is 20.7 Å². The highest BCUT2D eigenvalue weighted by Gasteiger charge is 2.35. The lowest BCUT2D eigenvalue weighted by atomic mass is 10.1. The number of fused-ring (bicyclic) bond motifs is 2. The molecule has 0 aliphatic carbocycles. The summed E-state index contributed by atoms with van der Waals surface area (Å²) >= 11 is 0. The molecule has 0 atom stereocenters. The van der Waals surface area contributed by atoms with Gasteiger partial charge in [-0.2, -0.15) is 0 Å². The summed E-state index contributed by atoms with van der Waals surface area (Å²) < 4.78 is 21.4. The van der Waals surface area contributed by atoms with Crippen LogP contribution in [0.15, 0.2) is 97.1 Å². The molecule has 0 unspecified atom stereocenters. The van der Waals surface area contributed by atoms with Gasteiger partial charge < -0.3 is 9.30 Å². The molecule has 0 saturated heterocycles. The molecule has 33 heavy (non-hydrogen) atoms. The van der Waals surface area contributed by atoms with Crippen LogP contribution in [-0.2, 0) is 4.57 Å². The van der Waals surface area contributed by atoms with Gasteiger partial charge in [0.2, 0.25) is 0 Å². The zero-order valence-corrected chi connectivity index (χ0v) is 20.1. The Labute approximate surface area is 195 Å². The van der Waals surface area contributed by atoms with Crippen LogP contribution in [0, 0.1) is 13.8 Å². The zero-order valence-electron chi connectivity index (χ0n) is 19.2. The lowest BCUT2D eigenvalue weighted by Gasteiger charge is -2.26. The maximum absolute atomic E-state index is 15.7. The van der Waals surface area contributed by atoms with Crippen LogP contribution in [0.5, 0.6) is 5.75 Å². The molecule has 0 radical (unpaired) electrons. The molecule has 0 amide bonds. The molecule has 5 aromatic rings. The molecule has 164 valence electrons. The summed E-state index contributed by atoms with van der Waals surface area (Å²) in [6.45, 7) is 6.71. The Morgan fingerprint density at radius 2 is 1.12 bits per heavy atom. The van der Waals surface area contributed by atoms with Crippen molar-refractivity contribution in [2.45, 2.75) is 20.8 Å². The van der Waals surface area contributed by atoms with Crippen molar-refractivity contribution in [3.8, 4) is 5.75 Å². The van der Waals surface area contributed by atoms with Crippen molar-refractivity contribution in [3.63, 3.8) is 0 Å². The highest BCUT2D eigenvalue weighted by Crippen LogP contribution is 2.48. The Bertz CT molecular complexity index is 1430. The van der Waals surface area contributed by atoms with Gasteiger partial charge in [-0.3, -0.25) is 0 Å². The second-order valence-corrected chi connectivity index (χ2v) is 11.1. The predicted octanol–water partition coefficient (Wildman–Crippen LogP) is 6.65. The summed E-state index contributed by atoms with van der Waals surface area (Å²) in [5, 5.41) is 6.95. The number of hydrogen-bond donors (Lipinski definition) is 0. The van der Waals surface area contributed by atoms with E-state index in [1.54, 1.807) is 0 Å². The Morgan fingerprint density at radius 3 is 1.61 bits per heavy atom. The molecule has 0 fully saturated rings. The second-order valence-electron chi connectivity index (χ2n) is 8.44. The van der Waals surface area contributed by atoms with Crippen molar-refractivity contribution >= 4 is 44.6 Å². The van der Waals surface area contributed by atoms with Crippen LogP contribution in [0.2, 0.25) is 0 Å². The van der Waals surface area contributed by atoms with E-state index in [2.05, 4.69) is 62.4 Å². The average molecular weight is 451 g/mol. The predicted molar refractivity (Wildman–Crippen MR) is 141 cm³/mol. The summed E-state index contributed by atoms with van der Waals surface area (Å²) in [6, 6.07) is 32.8. The molecule has 0 aliphatic heterocycles. The number of ether oxygens (including phenoxy) is 1. The Hall–Kier alpha value is -3.35.